The van der Waals surface area contributed by atoms with Crippen molar-refractivity contribution in [3.63, 3.8) is 0 Å². The molecule has 0 aliphatic carbocycles. The van der Waals surface area contributed by atoms with Crippen LogP contribution in [0.25, 0.3) is 0 Å². The number of imide groups is 1. The third-order valence-corrected chi connectivity index (χ3v) is 5.94. The molecule has 0 saturated carbocycles. The smallest absolute Gasteiger partial charge is 0.255 e. The molecule has 3 amide bonds. The lowest BCUT2D eigenvalue weighted by Gasteiger charge is -2.35. The third kappa shape index (κ3) is 3.63. The van der Waals surface area contributed by atoms with E-state index in [9.17, 15) is 14.4 Å². The number of nitrogens with zero attached hydrogens (tertiary/aromatic N) is 2. The van der Waals surface area contributed by atoms with Crippen LogP contribution in [0.5, 0.6) is 5.75 Å². The molecule has 7 nitrogen and oxygen atoms in total. The fraction of sp³-hybridized carbons (Fsp3) is 0.571. The number of carbonyl (C=O) groups excluding carboxylic acids is 3. The highest BCUT2D eigenvalue weighted by Gasteiger charge is 2.39. The predicted octanol–water partition coefficient (Wildman–Crippen LogP) is 1.56. The monoisotopic (exact) mass is 385 g/mol. The lowest BCUT2D eigenvalue weighted by Crippen LogP contribution is -2.52. The van der Waals surface area contributed by atoms with Crippen LogP contribution in [0.2, 0.25) is 0 Å². The number of fused-ring (bicyclic) bond motifs is 1. The average molecular weight is 385 g/mol. The number of hydrogen-bond acceptors (Lipinski definition) is 5. The normalized spacial score (nSPS) is 28.3. The third-order valence-electron chi connectivity index (χ3n) is 5.94. The van der Waals surface area contributed by atoms with Crippen molar-refractivity contribution in [2.24, 2.45) is 5.92 Å². The molecule has 0 spiro atoms. The van der Waals surface area contributed by atoms with Crippen LogP contribution in [0.1, 0.15) is 49.0 Å². The van der Waals surface area contributed by atoms with Crippen LogP contribution in [0.4, 0.5) is 0 Å². The molecule has 3 atom stereocenters. The molecular weight excluding hydrogens is 358 g/mol. The SMILES string of the molecule is CCN1C[C@H](C)C[C@H](Oc2ccc3c(c2)CN([C@H]2CCC(=O)NC2=O)C3=O)C1. The van der Waals surface area contributed by atoms with E-state index in [1.807, 2.05) is 12.1 Å². The van der Waals surface area contributed by atoms with Crippen molar-refractivity contribution >= 4 is 17.7 Å². The van der Waals surface area contributed by atoms with Crippen molar-refractivity contribution in [3.8, 4) is 5.75 Å². The number of ether oxygens (including phenoxy) is 1. The second kappa shape index (κ2) is 7.54. The highest BCUT2D eigenvalue weighted by molar-refractivity contribution is 6.05. The van der Waals surface area contributed by atoms with Gasteiger partial charge in [0, 0.05) is 31.6 Å². The number of piperidine rings is 2. The molecule has 2 saturated heterocycles. The standard InChI is InChI=1S/C21H27N3O4/c1-3-23-10-13(2)8-16(12-23)28-15-4-5-17-14(9-15)11-24(21(17)27)18-6-7-19(25)22-20(18)26/h4-5,9,13,16,18H,3,6-8,10-12H2,1-2H3,(H,22,25,26)/t13-,16+,18+/m1/s1. The lowest BCUT2D eigenvalue weighted by molar-refractivity contribution is -0.136. The number of hydrogen-bond donors (Lipinski definition) is 1. The molecule has 4 rings (SSSR count). The van der Waals surface area contributed by atoms with Crippen molar-refractivity contribution in [1.82, 2.24) is 15.1 Å². The number of benzene rings is 1. The minimum Gasteiger partial charge on any atom is -0.489 e. The molecule has 2 fully saturated rings. The molecule has 1 aromatic rings. The van der Waals surface area contributed by atoms with Crippen LogP contribution in [0.3, 0.4) is 0 Å². The van der Waals surface area contributed by atoms with E-state index in [1.54, 1.807) is 11.0 Å². The Balaban J connectivity index is 1.46. The van der Waals surface area contributed by atoms with Crippen LogP contribution in [0.15, 0.2) is 18.2 Å². The summed E-state index contributed by atoms with van der Waals surface area (Å²) in [6, 6.07) is 4.98. The van der Waals surface area contributed by atoms with Gasteiger partial charge in [-0.1, -0.05) is 13.8 Å². The Morgan fingerprint density at radius 2 is 2.04 bits per heavy atom. The van der Waals surface area contributed by atoms with Gasteiger partial charge in [-0.15, -0.1) is 0 Å². The van der Waals surface area contributed by atoms with E-state index < -0.39 is 6.04 Å². The predicted molar refractivity (Wildman–Crippen MR) is 103 cm³/mol. The van der Waals surface area contributed by atoms with Gasteiger partial charge < -0.3 is 9.64 Å². The van der Waals surface area contributed by atoms with Crippen LogP contribution in [0, 0.1) is 5.92 Å². The Hall–Kier alpha value is -2.41. The van der Waals surface area contributed by atoms with Gasteiger partial charge in [0.05, 0.1) is 0 Å². The summed E-state index contributed by atoms with van der Waals surface area (Å²) in [7, 11) is 0. The zero-order valence-corrected chi connectivity index (χ0v) is 16.4. The first kappa shape index (κ1) is 18.9. The molecule has 3 aliphatic rings. The lowest BCUT2D eigenvalue weighted by atomic mass is 9.98. The van der Waals surface area contributed by atoms with E-state index in [4.69, 9.17) is 4.74 Å². The van der Waals surface area contributed by atoms with E-state index in [1.165, 1.54) is 0 Å². The number of nitrogens with one attached hydrogen (secondary N) is 1. The fourth-order valence-corrected chi connectivity index (χ4v) is 4.56. The average Bonchev–Trinajstić information content (AvgIpc) is 2.97. The summed E-state index contributed by atoms with van der Waals surface area (Å²) >= 11 is 0. The quantitative estimate of drug-likeness (QED) is 0.796. The Morgan fingerprint density at radius 1 is 1.21 bits per heavy atom. The van der Waals surface area contributed by atoms with Crippen LogP contribution in [-0.2, 0) is 16.1 Å². The number of amides is 3. The number of likely N-dealkylation sites (N-methyl/N-ethyl adjacent to an activating group) is 1. The van der Waals surface area contributed by atoms with Crippen LogP contribution < -0.4 is 10.1 Å². The number of rotatable bonds is 4. The van der Waals surface area contributed by atoms with Gasteiger partial charge in [0.15, 0.2) is 0 Å². The van der Waals surface area contributed by atoms with E-state index in [2.05, 4.69) is 24.1 Å². The Morgan fingerprint density at radius 3 is 2.79 bits per heavy atom. The van der Waals surface area contributed by atoms with Crippen molar-refractivity contribution in [3.05, 3.63) is 29.3 Å². The first-order chi connectivity index (χ1) is 13.4. The molecular formula is C21H27N3O4. The van der Waals surface area contributed by atoms with Crippen LogP contribution >= 0.6 is 0 Å². The molecule has 1 aromatic carbocycles. The minimum absolute atomic E-state index is 0.144. The molecule has 7 heteroatoms. The Bertz CT molecular complexity index is 809. The summed E-state index contributed by atoms with van der Waals surface area (Å²) < 4.78 is 6.24. The number of likely N-dealkylation sites (tertiary alicyclic amines) is 1. The molecule has 3 aliphatic heterocycles. The largest absolute Gasteiger partial charge is 0.489 e. The Kier molecular flexibility index (Phi) is 5.10. The second-order valence-electron chi connectivity index (χ2n) is 8.15. The topological polar surface area (TPSA) is 79.0 Å². The summed E-state index contributed by atoms with van der Waals surface area (Å²) in [5.74, 6) is 0.553. The molecule has 150 valence electrons. The maximum atomic E-state index is 12.8. The summed E-state index contributed by atoms with van der Waals surface area (Å²) in [4.78, 5) is 40.3. The van der Waals surface area contributed by atoms with E-state index >= 15 is 0 Å². The molecule has 1 N–H and O–H groups in total. The summed E-state index contributed by atoms with van der Waals surface area (Å²) in [6.45, 7) is 7.83. The van der Waals surface area contributed by atoms with Gasteiger partial charge in [0.25, 0.3) is 5.91 Å². The van der Waals surface area contributed by atoms with Gasteiger partial charge in [-0.3, -0.25) is 24.6 Å². The van der Waals surface area contributed by atoms with Crippen molar-refractivity contribution in [2.75, 3.05) is 19.6 Å². The zero-order valence-electron chi connectivity index (χ0n) is 16.4. The summed E-state index contributed by atoms with van der Waals surface area (Å²) in [5.41, 5.74) is 1.49. The van der Waals surface area contributed by atoms with Crippen molar-refractivity contribution in [2.45, 2.75) is 51.8 Å². The number of carbonyl (C=O) groups is 3. The zero-order chi connectivity index (χ0) is 19.8. The minimum atomic E-state index is -0.584. The summed E-state index contributed by atoms with van der Waals surface area (Å²) in [6.07, 6.45) is 1.80. The molecule has 0 radical (unpaired) electrons. The first-order valence-electron chi connectivity index (χ1n) is 10.1. The molecule has 3 heterocycles. The van der Waals surface area contributed by atoms with Gasteiger partial charge in [0.2, 0.25) is 11.8 Å². The van der Waals surface area contributed by atoms with Gasteiger partial charge in [0.1, 0.15) is 17.9 Å². The van der Waals surface area contributed by atoms with E-state index in [0.717, 1.165) is 37.4 Å². The van der Waals surface area contributed by atoms with Gasteiger partial charge in [-0.2, -0.15) is 0 Å². The van der Waals surface area contributed by atoms with Gasteiger partial charge in [-0.25, -0.2) is 0 Å². The highest BCUT2D eigenvalue weighted by atomic mass is 16.5. The van der Waals surface area contributed by atoms with Gasteiger partial charge in [-0.05, 0) is 49.1 Å². The molecule has 28 heavy (non-hydrogen) atoms. The molecule has 0 bridgehead atoms. The van der Waals surface area contributed by atoms with Crippen molar-refractivity contribution in [1.29, 1.82) is 0 Å². The van der Waals surface area contributed by atoms with Crippen molar-refractivity contribution < 1.29 is 19.1 Å². The molecule has 0 aromatic heterocycles. The summed E-state index contributed by atoms with van der Waals surface area (Å²) in [5, 5.41) is 2.33. The maximum absolute atomic E-state index is 12.8. The van der Waals surface area contributed by atoms with E-state index in [0.29, 0.717) is 24.4 Å². The Labute approximate surface area is 165 Å². The second-order valence-corrected chi connectivity index (χ2v) is 8.15. The van der Waals surface area contributed by atoms with Crippen LogP contribution in [-0.4, -0.2) is 59.3 Å². The maximum Gasteiger partial charge on any atom is 0.255 e. The fourth-order valence-electron chi connectivity index (χ4n) is 4.56. The first-order valence-corrected chi connectivity index (χ1v) is 10.1. The van der Waals surface area contributed by atoms with E-state index in [-0.39, 0.29) is 30.2 Å². The molecule has 0 unspecified atom stereocenters. The van der Waals surface area contributed by atoms with Gasteiger partial charge >= 0.3 is 0 Å². The highest BCUT2D eigenvalue weighted by Crippen LogP contribution is 2.31.